The fourth-order valence-corrected chi connectivity index (χ4v) is 2.12. The molecule has 0 aliphatic heterocycles. The number of nitrogens with zero attached hydrogens (tertiary/aromatic N) is 3. The molecule has 0 atom stereocenters. The molecule has 0 unspecified atom stereocenters. The number of nitrogens with one attached hydrogen (secondary N) is 2. The number of halogens is 2. The Hall–Kier alpha value is -1.41. The molecular formula is C9H6Br2N6. The van der Waals surface area contributed by atoms with E-state index < -0.39 is 0 Å². The second-order valence-corrected chi connectivity index (χ2v) is 4.91. The summed E-state index contributed by atoms with van der Waals surface area (Å²) in [5.74, 6) is 0.986. The minimum Gasteiger partial charge on any atom is -0.369 e. The molecule has 3 rings (SSSR count). The maximum atomic E-state index is 5.63. The number of aromatic amines is 2. The molecule has 0 bridgehead atoms. The van der Waals surface area contributed by atoms with Gasteiger partial charge in [-0.25, -0.2) is 9.97 Å². The van der Waals surface area contributed by atoms with Crippen LogP contribution in [0.1, 0.15) is 0 Å². The van der Waals surface area contributed by atoms with Crippen molar-refractivity contribution in [2.24, 2.45) is 0 Å². The fourth-order valence-electron chi connectivity index (χ4n) is 1.57. The van der Waals surface area contributed by atoms with Crippen molar-refractivity contribution in [1.29, 1.82) is 0 Å². The quantitative estimate of drug-likeness (QED) is 0.623. The van der Waals surface area contributed by atoms with Crippen molar-refractivity contribution in [2.45, 2.75) is 0 Å². The van der Waals surface area contributed by atoms with E-state index in [0.29, 0.717) is 27.6 Å². The molecule has 4 N–H and O–H groups in total. The molecule has 3 aromatic rings. The molecule has 86 valence electrons. The Morgan fingerprint density at radius 2 is 2.00 bits per heavy atom. The summed E-state index contributed by atoms with van der Waals surface area (Å²) in [6, 6.07) is 1.81. The lowest BCUT2D eigenvalue weighted by Crippen LogP contribution is -1.88. The second kappa shape index (κ2) is 3.81. The van der Waals surface area contributed by atoms with Crippen LogP contribution in [0.3, 0.4) is 0 Å². The lowest BCUT2D eigenvalue weighted by Gasteiger charge is -1.95. The minimum absolute atomic E-state index is 0.360. The average molecular weight is 358 g/mol. The van der Waals surface area contributed by atoms with E-state index >= 15 is 0 Å². The second-order valence-electron chi connectivity index (χ2n) is 3.37. The van der Waals surface area contributed by atoms with Crippen molar-refractivity contribution in [2.75, 3.05) is 5.73 Å². The Morgan fingerprint density at radius 1 is 1.18 bits per heavy atom. The molecule has 0 fully saturated rings. The van der Waals surface area contributed by atoms with E-state index in [1.54, 1.807) is 6.20 Å². The van der Waals surface area contributed by atoms with E-state index in [2.05, 4.69) is 56.8 Å². The van der Waals surface area contributed by atoms with E-state index in [-0.39, 0.29) is 0 Å². The monoisotopic (exact) mass is 356 g/mol. The van der Waals surface area contributed by atoms with Crippen molar-refractivity contribution < 1.29 is 0 Å². The van der Waals surface area contributed by atoms with Crippen molar-refractivity contribution in [3.63, 3.8) is 0 Å². The van der Waals surface area contributed by atoms with Gasteiger partial charge in [-0.05, 0) is 37.9 Å². The molecule has 0 aromatic carbocycles. The third-order valence-electron chi connectivity index (χ3n) is 2.26. The molecular weight excluding hydrogens is 352 g/mol. The van der Waals surface area contributed by atoms with Gasteiger partial charge in [0.1, 0.15) is 20.4 Å². The molecule has 0 saturated heterocycles. The van der Waals surface area contributed by atoms with E-state index in [1.807, 2.05) is 6.07 Å². The predicted octanol–water partition coefficient (Wildman–Crippen LogP) is 2.46. The summed E-state index contributed by atoms with van der Waals surface area (Å²) >= 11 is 6.65. The van der Waals surface area contributed by atoms with Gasteiger partial charge in [0.05, 0.1) is 5.52 Å². The van der Waals surface area contributed by atoms with Crippen LogP contribution in [0.15, 0.2) is 21.5 Å². The first-order valence-corrected chi connectivity index (χ1v) is 6.25. The predicted molar refractivity (Wildman–Crippen MR) is 71.3 cm³/mol. The molecule has 0 radical (unpaired) electrons. The first-order chi connectivity index (χ1) is 8.15. The molecule has 0 saturated carbocycles. The normalized spacial score (nSPS) is 11.2. The lowest BCUT2D eigenvalue weighted by molar-refractivity contribution is 1.22. The Morgan fingerprint density at radius 3 is 2.71 bits per heavy atom. The number of pyridine rings is 1. The van der Waals surface area contributed by atoms with Crippen LogP contribution in [0.4, 0.5) is 5.95 Å². The van der Waals surface area contributed by atoms with Crippen molar-refractivity contribution in [3.05, 3.63) is 21.5 Å². The number of hydrogen-bond donors (Lipinski definition) is 3. The van der Waals surface area contributed by atoms with Gasteiger partial charge in [-0.15, -0.1) is 0 Å². The van der Waals surface area contributed by atoms with Crippen LogP contribution in [-0.4, -0.2) is 24.9 Å². The maximum Gasteiger partial charge on any atom is 0.198 e. The van der Waals surface area contributed by atoms with Gasteiger partial charge in [0, 0.05) is 6.20 Å². The lowest BCUT2D eigenvalue weighted by atomic mass is 10.3. The third-order valence-corrected chi connectivity index (χ3v) is 3.94. The van der Waals surface area contributed by atoms with Crippen LogP contribution >= 0.6 is 31.9 Å². The summed E-state index contributed by atoms with van der Waals surface area (Å²) in [6.45, 7) is 0. The molecule has 0 aliphatic carbocycles. The van der Waals surface area contributed by atoms with E-state index in [4.69, 9.17) is 5.73 Å². The van der Waals surface area contributed by atoms with Gasteiger partial charge in [-0.1, -0.05) is 0 Å². The number of aromatic nitrogens is 5. The summed E-state index contributed by atoms with van der Waals surface area (Å²) < 4.78 is 1.45. The number of nitrogens with two attached hydrogens (primary N) is 1. The SMILES string of the molecule is Nc1nc2c(-c3nc(Br)c(Br)[nH]3)nccc2[nH]1. The average Bonchev–Trinajstić information content (AvgIpc) is 2.81. The van der Waals surface area contributed by atoms with Crippen LogP contribution in [0, 0.1) is 0 Å². The Balaban J connectivity index is 2.29. The van der Waals surface area contributed by atoms with Gasteiger partial charge in [0.2, 0.25) is 0 Å². The largest absolute Gasteiger partial charge is 0.369 e. The molecule has 3 heterocycles. The standard InChI is InChI=1S/C9H6Br2N6/c10-6-7(11)17-8(16-6)5-4-3(1-2-13-5)14-9(12)15-4/h1-2H,(H,16,17)(H3,12,14,15). The van der Waals surface area contributed by atoms with Gasteiger partial charge in [0.25, 0.3) is 0 Å². The topological polar surface area (TPSA) is 96.3 Å². The molecule has 0 spiro atoms. The number of fused-ring (bicyclic) bond motifs is 1. The van der Waals surface area contributed by atoms with Gasteiger partial charge >= 0.3 is 0 Å². The number of hydrogen-bond acceptors (Lipinski definition) is 4. The van der Waals surface area contributed by atoms with Crippen LogP contribution < -0.4 is 5.73 Å². The number of anilines is 1. The Kier molecular flexibility index (Phi) is 2.40. The molecule has 3 aromatic heterocycles. The van der Waals surface area contributed by atoms with Crippen molar-refractivity contribution in [1.82, 2.24) is 24.9 Å². The van der Waals surface area contributed by atoms with Crippen molar-refractivity contribution >= 4 is 48.8 Å². The highest BCUT2D eigenvalue weighted by atomic mass is 79.9. The minimum atomic E-state index is 0.360. The van der Waals surface area contributed by atoms with Gasteiger partial charge in [-0.3, -0.25) is 4.98 Å². The fraction of sp³-hybridized carbons (Fsp3) is 0. The summed E-state index contributed by atoms with van der Waals surface area (Å²) in [5, 5.41) is 0. The van der Waals surface area contributed by atoms with Crippen molar-refractivity contribution in [3.8, 4) is 11.5 Å². The molecule has 0 aliphatic rings. The number of imidazole rings is 2. The van der Waals surface area contributed by atoms with Gasteiger partial charge in [0.15, 0.2) is 11.8 Å². The zero-order valence-electron chi connectivity index (χ0n) is 8.33. The summed E-state index contributed by atoms with van der Waals surface area (Å²) in [7, 11) is 0. The van der Waals surface area contributed by atoms with Gasteiger partial charge in [-0.2, -0.15) is 0 Å². The van der Waals surface area contributed by atoms with Crippen LogP contribution in [-0.2, 0) is 0 Å². The number of rotatable bonds is 1. The first kappa shape index (κ1) is 10.7. The molecule has 0 amide bonds. The van der Waals surface area contributed by atoms with Crippen LogP contribution in [0.5, 0.6) is 0 Å². The summed E-state index contributed by atoms with van der Waals surface area (Å²) in [6.07, 6.45) is 1.68. The number of H-pyrrole nitrogens is 2. The molecule has 8 heteroatoms. The zero-order valence-corrected chi connectivity index (χ0v) is 11.5. The Labute approximate surface area is 112 Å². The van der Waals surface area contributed by atoms with Gasteiger partial charge < -0.3 is 15.7 Å². The summed E-state index contributed by atoms with van der Waals surface area (Å²) in [5.41, 5.74) is 7.81. The third kappa shape index (κ3) is 1.73. The highest BCUT2D eigenvalue weighted by Gasteiger charge is 2.14. The summed E-state index contributed by atoms with van der Waals surface area (Å²) in [4.78, 5) is 18.8. The smallest absolute Gasteiger partial charge is 0.198 e. The Bertz CT molecular complexity index is 681. The number of nitrogen functional groups attached to an aromatic ring is 1. The molecule has 17 heavy (non-hydrogen) atoms. The van der Waals surface area contributed by atoms with E-state index in [0.717, 1.165) is 10.1 Å². The molecule has 6 nitrogen and oxygen atoms in total. The van der Waals surface area contributed by atoms with Crippen LogP contribution in [0.25, 0.3) is 22.6 Å². The zero-order chi connectivity index (χ0) is 12.0. The first-order valence-electron chi connectivity index (χ1n) is 4.66. The highest BCUT2D eigenvalue weighted by molar-refractivity contribution is 9.13. The van der Waals surface area contributed by atoms with E-state index in [1.165, 1.54) is 0 Å². The maximum absolute atomic E-state index is 5.63. The van der Waals surface area contributed by atoms with Crippen LogP contribution in [0.2, 0.25) is 0 Å². The van der Waals surface area contributed by atoms with E-state index in [9.17, 15) is 0 Å². The highest BCUT2D eigenvalue weighted by Crippen LogP contribution is 2.28.